The summed E-state index contributed by atoms with van der Waals surface area (Å²) in [7, 11) is 0. The fourth-order valence-electron chi connectivity index (χ4n) is 3.35. The average Bonchev–Trinajstić information content (AvgIpc) is 2.32. The largest absolute Gasteiger partial charge is 0.392 e. The Morgan fingerprint density at radius 2 is 1.75 bits per heavy atom. The molecule has 2 nitrogen and oxygen atoms in total. The third-order valence-electron chi connectivity index (χ3n) is 4.47. The molecule has 1 aliphatic heterocycles. The lowest BCUT2D eigenvalue weighted by molar-refractivity contribution is 0.0743. The van der Waals surface area contributed by atoms with Gasteiger partial charge in [-0.05, 0) is 38.5 Å². The molecule has 1 saturated heterocycles. The molecule has 2 fully saturated rings. The summed E-state index contributed by atoms with van der Waals surface area (Å²) >= 11 is 0. The Kier molecular flexibility index (Phi) is 4.66. The van der Waals surface area contributed by atoms with E-state index < -0.39 is 0 Å². The second-order valence-corrected chi connectivity index (χ2v) is 5.90. The number of piperidine rings is 1. The van der Waals surface area contributed by atoms with Gasteiger partial charge in [0.25, 0.3) is 0 Å². The van der Waals surface area contributed by atoms with Gasteiger partial charge in [0.1, 0.15) is 0 Å². The zero-order chi connectivity index (χ0) is 11.4. The van der Waals surface area contributed by atoms with Gasteiger partial charge < -0.3 is 10.4 Å². The first-order chi connectivity index (χ1) is 7.75. The van der Waals surface area contributed by atoms with Crippen molar-refractivity contribution in [1.29, 1.82) is 0 Å². The molecular formula is C14H27NO. The number of rotatable bonds is 3. The van der Waals surface area contributed by atoms with E-state index >= 15 is 0 Å². The molecule has 94 valence electrons. The van der Waals surface area contributed by atoms with Crippen LogP contribution in [-0.2, 0) is 0 Å². The van der Waals surface area contributed by atoms with Crippen LogP contribution in [0.1, 0.15) is 64.7 Å². The fourth-order valence-corrected chi connectivity index (χ4v) is 3.35. The van der Waals surface area contributed by atoms with E-state index in [2.05, 4.69) is 12.2 Å². The number of hydrogen-bond donors (Lipinski definition) is 2. The van der Waals surface area contributed by atoms with Crippen molar-refractivity contribution in [2.75, 3.05) is 0 Å². The van der Waals surface area contributed by atoms with Crippen molar-refractivity contribution in [3.63, 3.8) is 0 Å². The molecule has 0 aromatic rings. The van der Waals surface area contributed by atoms with Crippen molar-refractivity contribution in [3.05, 3.63) is 0 Å². The molecule has 2 rings (SSSR count). The average molecular weight is 225 g/mol. The Bertz CT molecular complexity index is 201. The van der Waals surface area contributed by atoms with Crippen molar-refractivity contribution in [1.82, 2.24) is 5.32 Å². The third-order valence-corrected chi connectivity index (χ3v) is 4.47. The van der Waals surface area contributed by atoms with Crippen LogP contribution in [0.2, 0.25) is 0 Å². The Balaban J connectivity index is 1.71. The highest BCUT2D eigenvalue weighted by Gasteiger charge is 2.26. The predicted octanol–water partition coefficient (Wildman–Crippen LogP) is 2.85. The van der Waals surface area contributed by atoms with E-state index in [-0.39, 0.29) is 6.10 Å². The lowest BCUT2D eigenvalue weighted by Gasteiger charge is -2.34. The molecule has 1 saturated carbocycles. The number of aliphatic hydroxyl groups is 1. The van der Waals surface area contributed by atoms with Gasteiger partial charge in [0.05, 0.1) is 6.10 Å². The summed E-state index contributed by atoms with van der Waals surface area (Å²) in [5.74, 6) is 0.944. The highest BCUT2D eigenvalue weighted by Crippen LogP contribution is 2.29. The Labute approximate surface area is 99.8 Å². The lowest BCUT2D eigenvalue weighted by atomic mass is 9.83. The van der Waals surface area contributed by atoms with Crippen molar-refractivity contribution in [3.8, 4) is 0 Å². The van der Waals surface area contributed by atoms with E-state index in [1.54, 1.807) is 0 Å². The van der Waals surface area contributed by atoms with Crippen LogP contribution < -0.4 is 5.32 Å². The smallest absolute Gasteiger partial charge is 0.0693 e. The highest BCUT2D eigenvalue weighted by atomic mass is 16.3. The van der Waals surface area contributed by atoms with Crippen molar-refractivity contribution in [2.24, 2.45) is 5.92 Å². The van der Waals surface area contributed by atoms with Gasteiger partial charge in [-0.1, -0.05) is 32.1 Å². The normalized spacial score (nSPS) is 37.5. The highest BCUT2D eigenvalue weighted by molar-refractivity contribution is 4.85. The van der Waals surface area contributed by atoms with Gasteiger partial charge in [0.2, 0.25) is 0 Å². The first kappa shape index (κ1) is 12.4. The molecule has 2 heteroatoms. The number of hydrogen-bond acceptors (Lipinski definition) is 2. The number of nitrogens with one attached hydrogen (secondary N) is 1. The van der Waals surface area contributed by atoms with Crippen molar-refractivity contribution < 1.29 is 5.11 Å². The zero-order valence-corrected chi connectivity index (χ0v) is 10.6. The maximum atomic E-state index is 9.95. The fraction of sp³-hybridized carbons (Fsp3) is 1.00. The van der Waals surface area contributed by atoms with Crippen LogP contribution in [0, 0.1) is 5.92 Å². The SMILES string of the molecule is CC1CCC(O)C(CCC2CCCCC2)N1. The molecular weight excluding hydrogens is 198 g/mol. The summed E-state index contributed by atoms with van der Waals surface area (Å²) in [6, 6.07) is 0.963. The minimum absolute atomic E-state index is 0.0974. The van der Waals surface area contributed by atoms with Crippen LogP contribution in [0.4, 0.5) is 0 Å². The van der Waals surface area contributed by atoms with E-state index in [0.29, 0.717) is 12.1 Å². The molecule has 3 unspecified atom stereocenters. The molecule has 16 heavy (non-hydrogen) atoms. The predicted molar refractivity (Wildman–Crippen MR) is 67.4 cm³/mol. The molecule has 0 spiro atoms. The van der Waals surface area contributed by atoms with Crippen LogP contribution in [0.3, 0.4) is 0 Å². The van der Waals surface area contributed by atoms with Crippen molar-refractivity contribution >= 4 is 0 Å². The molecule has 3 atom stereocenters. The maximum absolute atomic E-state index is 9.95. The summed E-state index contributed by atoms with van der Waals surface area (Å²) in [6.45, 7) is 2.24. The molecule has 0 amide bonds. The monoisotopic (exact) mass is 225 g/mol. The summed E-state index contributed by atoms with van der Waals surface area (Å²) < 4.78 is 0. The van der Waals surface area contributed by atoms with Gasteiger partial charge in [-0.3, -0.25) is 0 Å². The molecule has 0 aromatic heterocycles. The van der Waals surface area contributed by atoms with Gasteiger partial charge in [0, 0.05) is 12.1 Å². The van der Waals surface area contributed by atoms with Gasteiger partial charge in [-0.15, -0.1) is 0 Å². The molecule has 2 aliphatic rings. The first-order valence-electron chi connectivity index (χ1n) is 7.20. The van der Waals surface area contributed by atoms with Crippen LogP contribution in [-0.4, -0.2) is 23.3 Å². The Morgan fingerprint density at radius 1 is 1.00 bits per heavy atom. The van der Waals surface area contributed by atoms with Crippen LogP contribution >= 0.6 is 0 Å². The standard InChI is InChI=1S/C14H27NO/c1-11-7-10-14(16)13(15-11)9-8-12-5-3-2-4-6-12/h11-16H,2-10H2,1H3. The van der Waals surface area contributed by atoms with E-state index in [4.69, 9.17) is 0 Å². The molecule has 2 N–H and O–H groups in total. The van der Waals surface area contributed by atoms with E-state index in [1.165, 1.54) is 44.9 Å². The second-order valence-electron chi connectivity index (χ2n) is 5.90. The summed E-state index contributed by atoms with van der Waals surface area (Å²) in [5, 5.41) is 13.5. The van der Waals surface area contributed by atoms with Gasteiger partial charge in [0.15, 0.2) is 0 Å². The number of aliphatic hydroxyl groups excluding tert-OH is 1. The summed E-state index contributed by atoms with van der Waals surface area (Å²) in [5.41, 5.74) is 0. The topological polar surface area (TPSA) is 32.3 Å². The van der Waals surface area contributed by atoms with E-state index in [0.717, 1.165) is 18.8 Å². The lowest BCUT2D eigenvalue weighted by Crippen LogP contribution is -2.49. The quantitative estimate of drug-likeness (QED) is 0.774. The zero-order valence-electron chi connectivity index (χ0n) is 10.6. The minimum Gasteiger partial charge on any atom is -0.392 e. The molecule has 1 aliphatic carbocycles. The van der Waals surface area contributed by atoms with E-state index in [1.807, 2.05) is 0 Å². The molecule has 0 aromatic carbocycles. The Hall–Kier alpha value is -0.0800. The molecule has 1 heterocycles. The Morgan fingerprint density at radius 3 is 2.50 bits per heavy atom. The summed E-state index contributed by atoms with van der Waals surface area (Å²) in [6.07, 6.45) is 11.7. The van der Waals surface area contributed by atoms with Crippen LogP contribution in [0.25, 0.3) is 0 Å². The van der Waals surface area contributed by atoms with Crippen LogP contribution in [0.15, 0.2) is 0 Å². The van der Waals surface area contributed by atoms with E-state index in [9.17, 15) is 5.11 Å². The molecule has 0 bridgehead atoms. The third kappa shape index (κ3) is 3.46. The minimum atomic E-state index is -0.0974. The van der Waals surface area contributed by atoms with Gasteiger partial charge in [-0.25, -0.2) is 0 Å². The van der Waals surface area contributed by atoms with Crippen LogP contribution in [0.5, 0.6) is 0 Å². The van der Waals surface area contributed by atoms with Gasteiger partial charge in [-0.2, -0.15) is 0 Å². The maximum Gasteiger partial charge on any atom is 0.0693 e. The first-order valence-corrected chi connectivity index (χ1v) is 7.20. The summed E-state index contributed by atoms with van der Waals surface area (Å²) in [4.78, 5) is 0. The molecule has 0 radical (unpaired) electrons. The van der Waals surface area contributed by atoms with Crippen molar-refractivity contribution in [2.45, 2.75) is 82.9 Å². The second kappa shape index (κ2) is 6.02. The van der Waals surface area contributed by atoms with Gasteiger partial charge >= 0.3 is 0 Å².